The van der Waals surface area contributed by atoms with Crippen molar-refractivity contribution in [1.29, 1.82) is 0 Å². The molecule has 7 nitrogen and oxygen atoms in total. The molecule has 1 atom stereocenters. The van der Waals surface area contributed by atoms with E-state index in [1.54, 1.807) is 24.3 Å². The Morgan fingerprint density at radius 1 is 1.03 bits per heavy atom. The number of esters is 1. The largest absolute Gasteiger partial charge is 0.493 e. The van der Waals surface area contributed by atoms with Crippen LogP contribution in [0.15, 0.2) is 30.3 Å². The van der Waals surface area contributed by atoms with Crippen molar-refractivity contribution in [3.8, 4) is 11.5 Å². The van der Waals surface area contributed by atoms with Gasteiger partial charge in [0, 0.05) is 22.2 Å². The molecule has 0 radical (unpaired) electrons. The maximum atomic E-state index is 12.4. The van der Waals surface area contributed by atoms with Crippen LogP contribution in [0.3, 0.4) is 0 Å². The van der Waals surface area contributed by atoms with Crippen molar-refractivity contribution in [2.45, 2.75) is 13.0 Å². The van der Waals surface area contributed by atoms with Crippen molar-refractivity contribution in [2.24, 2.45) is 0 Å². The number of methoxy groups -OCH3 is 3. The van der Waals surface area contributed by atoms with Gasteiger partial charge in [-0.3, -0.25) is 4.79 Å². The van der Waals surface area contributed by atoms with Crippen molar-refractivity contribution < 1.29 is 23.8 Å². The van der Waals surface area contributed by atoms with E-state index in [-0.39, 0.29) is 24.1 Å². The Labute approximate surface area is 179 Å². The van der Waals surface area contributed by atoms with E-state index in [4.69, 9.17) is 37.4 Å². The van der Waals surface area contributed by atoms with Crippen molar-refractivity contribution >= 4 is 40.8 Å². The van der Waals surface area contributed by atoms with Crippen LogP contribution in [0.4, 0.5) is 5.69 Å². The minimum Gasteiger partial charge on any atom is -0.493 e. The van der Waals surface area contributed by atoms with Crippen LogP contribution in [0.2, 0.25) is 10.0 Å². The van der Waals surface area contributed by atoms with Crippen LogP contribution in [-0.2, 0) is 9.53 Å². The highest BCUT2D eigenvalue weighted by Gasteiger charge is 2.19. The number of ether oxygens (including phenoxy) is 3. The van der Waals surface area contributed by atoms with Gasteiger partial charge in [0.1, 0.15) is 0 Å². The first-order chi connectivity index (χ1) is 13.8. The van der Waals surface area contributed by atoms with Gasteiger partial charge >= 0.3 is 5.97 Å². The molecule has 0 aliphatic heterocycles. The standard InChI is InChI=1S/C20H22Cl2N2O5/c1-11(13-6-5-12(21)7-15(13)22)24-19(25)10-23-16-9-18(28-3)17(27-2)8-14(16)20(26)29-4/h5-9,11,23H,10H2,1-4H3,(H,24,25)/t11-/m0/s1. The maximum Gasteiger partial charge on any atom is 0.340 e. The third kappa shape index (κ3) is 5.68. The van der Waals surface area contributed by atoms with Crippen LogP contribution in [-0.4, -0.2) is 39.8 Å². The Morgan fingerprint density at radius 2 is 1.69 bits per heavy atom. The molecule has 156 valence electrons. The van der Waals surface area contributed by atoms with Crippen molar-refractivity contribution in [3.63, 3.8) is 0 Å². The van der Waals surface area contributed by atoms with E-state index in [0.29, 0.717) is 27.2 Å². The Kier molecular flexibility index (Phi) is 7.99. The first-order valence-corrected chi connectivity index (χ1v) is 9.38. The Balaban J connectivity index is 2.13. The van der Waals surface area contributed by atoms with Gasteiger partial charge in [-0.2, -0.15) is 0 Å². The predicted molar refractivity (Wildman–Crippen MR) is 112 cm³/mol. The topological polar surface area (TPSA) is 85.9 Å². The molecule has 0 aromatic heterocycles. The van der Waals surface area contributed by atoms with Crippen LogP contribution < -0.4 is 20.1 Å². The van der Waals surface area contributed by atoms with E-state index in [1.165, 1.54) is 27.4 Å². The second kappa shape index (κ2) is 10.2. The highest BCUT2D eigenvalue weighted by molar-refractivity contribution is 6.35. The Hall–Kier alpha value is -2.64. The number of benzene rings is 2. The van der Waals surface area contributed by atoms with Crippen LogP contribution in [0, 0.1) is 0 Å². The molecule has 9 heteroatoms. The minimum atomic E-state index is -0.574. The smallest absolute Gasteiger partial charge is 0.340 e. The summed E-state index contributed by atoms with van der Waals surface area (Å²) < 4.78 is 15.3. The molecule has 0 spiro atoms. The van der Waals surface area contributed by atoms with Gasteiger partial charge < -0.3 is 24.8 Å². The molecule has 0 bridgehead atoms. The fraction of sp³-hybridized carbons (Fsp3) is 0.300. The van der Waals surface area contributed by atoms with E-state index in [2.05, 4.69) is 10.6 Å². The summed E-state index contributed by atoms with van der Waals surface area (Å²) in [6.45, 7) is 1.72. The fourth-order valence-electron chi connectivity index (χ4n) is 2.70. The average molecular weight is 441 g/mol. The fourth-order valence-corrected chi connectivity index (χ4v) is 3.27. The number of hydrogen-bond donors (Lipinski definition) is 2. The van der Waals surface area contributed by atoms with Crippen molar-refractivity contribution in [3.05, 3.63) is 51.5 Å². The molecule has 0 heterocycles. The van der Waals surface area contributed by atoms with Gasteiger partial charge in [-0.15, -0.1) is 0 Å². The molecule has 2 rings (SSSR count). The normalized spacial score (nSPS) is 11.4. The van der Waals surface area contributed by atoms with Crippen LogP contribution in [0.25, 0.3) is 0 Å². The molecule has 1 amide bonds. The lowest BCUT2D eigenvalue weighted by atomic mass is 10.1. The third-order valence-corrected chi connectivity index (χ3v) is 4.74. The summed E-state index contributed by atoms with van der Waals surface area (Å²) in [6.07, 6.45) is 0. The van der Waals surface area contributed by atoms with E-state index in [1.807, 2.05) is 6.92 Å². The summed E-state index contributed by atoms with van der Waals surface area (Å²) in [5.41, 5.74) is 1.33. The first-order valence-electron chi connectivity index (χ1n) is 8.63. The van der Waals surface area contributed by atoms with Crippen LogP contribution in [0.1, 0.15) is 28.9 Å². The zero-order chi connectivity index (χ0) is 21.6. The average Bonchev–Trinajstić information content (AvgIpc) is 2.70. The van der Waals surface area contributed by atoms with Crippen molar-refractivity contribution in [1.82, 2.24) is 5.32 Å². The number of nitrogens with one attached hydrogen (secondary N) is 2. The minimum absolute atomic E-state index is 0.0883. The zero-order valence-corrected chi connectivity index (χ0v) is 18.0. The molecule has 2 aromatic carbocycles. The molecule has 0 unspecified atom stereocenters. The van der Waals surface area contributed by atoms with Gasteiger partial charge in [-0.05, 0) is 24.6 Å². The van der Waals surface area contributed by atoms with E-state index < -0.39 is 5.97 Å². The summed E-state index contributed by atoms with van der Waals surface area (Å²) in [5.74, 6) is -0.0948. The number of carbonyl (C=O) groups excluding carboxylic acids is 2. The lowest BCUT2D eigenvalue weighted by Crippen LogP contribution is -2.32. The van der Waals surface area contributed by atoms with E-state index in [0.717, 1.165) is 5.56 Å². The van der Waals surface area contributed by atoms with Gasteiger partial charge in [-0.25, -0.2) is 4.79 Å². The molecular formula is C20H22Cl2N2O5. The van der Waals surface area contributed by atoms with Gasteiger partial charge in [-0.1, -0.05) is 29.3 Å². The molecule has 0 aliphatic rings. The quantitative estimate of drug-likeness (QED) is 0.601. The molecule has 0 saturated heterocycles. The second-order valence-electron chi connectivity index (χ2n) is 6.05. The number of halogens is 2. The Morgan fingerprint density at radius 3 is 2.28 bits per heavy atom. The molecule has 2 aromatic rings. The number of anilines is 1. The summed E-state index contributed by atoms with van der Waals surface area (Å²) in [7, 11) is 4.21. The summed E-state index contributed by atoms with van der Waals surface area (Å²) in [6, 6.07) is 7.80. The molecule has 29 heavy (non-hydrogen) atoms. The van der Waals surface area contributed by atoms with E-state index in [9.17, 15) is 9.59 Å². The van der Waals surface area contributed by atoms with E-state index >= 15 is 0 Å². The van der Waals surface area contributed by atoms with Gasteiger partial charge in [0.05, 0.1) is 45.2 Å². The number of amides is 1. The third-order valence-electron chi connectivity index (χ3n) is 4.17. The summed E-state index contributed by atoms with van der Waals surface area (Å²) in [5, 5.41) is 6.75. The molecular weight excluding hydrogens is 419 g/mol. The first kappa shape index (κ1) is 22.6. The molecule has 2 N–H and O–H groups in total. The predicted octanol–water partition coefficient (Wildman–Crippen LogP) is 4.09. The lowest BCUT2D eigenvalue weighted by molar-refractivity contribution is -0.120. The number of rotatable bonds is 8. The van der Waals surface area contributed by atoms with Gasteiger partial charge in [0.2, 0.25) is 5.91 Å². The highest BCUT2D eigenvalue weighted by atomic mass is 35.5. The summed E-state index contributed by atoms with van der Waals surface area (Å²) >= 11 is 12.1. The van der Waals surface area contributed by atoms with Crippen LogP contribution >= 0.6 is 23.2 Å². The molecule has 0 saturated carbocycles. The highest BCUT2D eigenvalue weighted by Crippen LogP contribution is 2.33. The Bertz CT molecular complexity index is 905. The summed E-state index contributed by atoms with van der Waals surface area (Å²) in [4.78, 5) is 24.5. The second-order valence-corrected chi connectivity index (χ2v) is 6.90. The lowest BCUT2D eigenvalue weighted by Gasteiger charge is -2.18. The van der Waals surface area contributed by atoms with Crippen LogP contribution in [0.5, 0.6) is 11.5 Å². The number of carbonyl (C=O) groups is 2. The van der Waals surface area contributed by atoms with Gasteiger partial charge in [0.15, 0.2) is 11.5 Å². The van der Waals surface area contributed by atoms with Gasteiger partial charge in [0.25, 0.3) is 0 Å². The monoisotopic (exact) mass is 440 g/mol. The molecule has 0 aliphatic carbocycles. The molecule has 0 fully saturated rings. The SMILES string of the molecule is COC(=O)c1cc(OC)c(OC)cc1NCC(=O)N[C@@H](C)c1ccc(Cl)cc1Cl. The number of hydrogen-bond acceptors (Lipinski definition) is 6. The van der Waals surface area contributed by atoms with Crippen molar-refractivity contribution in [2.75, 3.05) is 33.2 Å². The maximum absolute atomic E-state index is 12.4. The zero-order valence-electron chi connectivity index (χ0n) is 16.5.